The van der Waals surface area contributed by atoms with Crippen LogP contribution in [-0.2, 0) is 25.5 Å². The van der Waals surface area contributed by atoms with E-state index in [0.29, 0.717) is 17.9 Å². The molecule has 29 heavy (non-hydrogen) atoms. The van der Waals surface area contributed by atoms with Gasteiger partial charge in [-0.3, -0.25) is 14.8 Å². The SMILES string of the molecule is CCCC[C@H](CN(O)C=O)C(=O)N[C@@H](Cc1ccccc1)C(=O)OC1CCCC1. The fourth-order valence-corrected chi connectivity index (χ4v) is 3.61. The molecule has 2 N–H and O–H groups in total. The molecule has 0 unspecified atom stereocenters. The zero-order valence-electron chi connectivity index (χ0n) is 17.1. The second kappa shape index (κ2) is 12.2. The molecule has 160 valence electrons. The average molecular weight is 405 g/mol. The molecule has 1 fully saturated rings. The van der Waals surface area contributed by atoms with E-state index in [1.807, 2.05) is 37.3 Å². The summed E-state index contributed by atoms with van der Waals surface area (Å²) in [5.74, 6) is -1.38. The van der Waals surface area contributed by atoms with Crippen LogP contribution < -0.4 is 5.32 Å². The van der Waals surface area contributed by atoms with E-state index in [4.69, 9.17) is 4.74 Å². The number of benzene rings is 1. The standard InChI is InChI=1S/C22H32N2O5/c1-2-3-11-18(15-24(28)16-25)21(26)23-20(14-17-9-5-4-6-10-17)22(27)29-19-12-7-8-13-19/h4-6,9-10,16,18-20,28H,2-3,7-8,11-15H2,1H3,(H,23,26)/t18-,20+/m1/s1. The van der Waals surface area contributed by atoms with Crippen molar-refractivity contribution in [2.45, 2.75) is 70.4 Å². The summed E-state index contributed by atoms with van der Waals surface area (Å²) in [6.07, 6.45) is 6.51. The van der Waals surface area contributed by atoms with Gasteiger partial charge in [0, 0.05) is 6.42 Å². The van der Waals surface area contributed by atoms with Gasteiger partial charge in [0.25, 0.3) is 0 Å². The number of nitrogens with zero attached hydrogens (tertiary/aromatic N) is 1. The fourth-order valence-electron chi connectivity index (χ4n) is 3.61. The largest absolute Gasteiger partial charge is 0.461 e. The van der Waals surface area contributed by atoms with E-state index < -0.39 is 17.9 Å². The van der Waals surface area contributed by atoms with Gasteiger partial charge in [-0.15, -0.1) is 0 Å². The van der Waals surface area contributed by atoms with Gasteiger partial charge in [-0.05, 0) is 37.7 Å². The highest BCUT2D eigenvalue weighted by molar-refractivity contribution is 5.86. The van der Waals surface area contributed by atoms with Crippen LogP contribution in [0.4, 0.5) is 0 Å². The van der Waals surface area contributed by atoms with Crippen LogP contribution in [0.25, 0.3) is 0 Å². The summed E-state index contributed by atoms with van der Waals surface area (Å²) in [4.78, 5) is 36.4. The smallest absolute Gasteiger partial charge is 0.329 e. The van der Waals surface area contributed by atoms with Gasteiger partial charge in [0.15, 0.2) is 0 Å². The Morgan fingerprint density at radius 2 is 1.97 bits per heavy atom. The van der Waals surface area contributed by atoms with E-state index in [1.54, 1.807) is 0 Å². The van der Waals surface area contributed by atoms with Crippen molar-refractivity contribution in [3.05, 3.63) is 35.9 Å². The van der Waals surface area contributed by atoms with Crippen molar-refractivity contribution in [2.75, 3.05) is 6.54 Å². The number of rotatable bonds is 12. The number of nitrogens with one attached hydrogen (secondary N) is 1. The molecule has 0 aromatic heterocycles. The molecule has 0 heterocycles. The molecule has 1 aliphatic rings. The predicted octanol–water partition coefficient (Wildman–Crippen LogP) is 2.85. The summed E-state index contributed by atoms with van der Waals surface area (Å²) in [6, 6.07) is 8.65. The van der Waals surface area contributed by atoms with Crippen molar-refractivity contribution < 1.29 is 24.3 Å². The van der Waals surface area contributed by atoms with Crippen molar-refractivity contribution in [1.82, 2.24) is 10.4 Å². The Morgan fingerprint density at radius 1 is 1.28 bits per heavy atom. The zero-order valence-corrected chi connectivity index (χ0v) is 17.1. The molecular weight excluding hydrogens is 372 g/mol. The number of hydrogen-bond acceptors (Lipinski definition) is 5. The topological polar surface area (TPSA) is 95.9 Å². The molecule has 0 saturated heterocycles. The molecule has 1 saturated carbocycles. The maximum atomic E-state index is 12.9. The molecule has 1 aromatic rings. The first kappa shape index (κ1) is 22.9. The highest BCUT2D eigenvalue weighted by Crippen LogP contribution is 2.22. The van der Waals surface area contributed by atoms with Crippen LogP contribution in [0.3, 0.4) is 0 Å². The second-order valence-corrected chi connectivity index (χ2v) is 7.66. The third kappa shape index (κ3) is 7.85. The van der Waals surface area contributed by atoms with Gasteiger partial charge in [-0.1, -0.05) is 50.1 Å². The highest BCUT2D eigenvalue weighted by atomic mass is 16.5. The average Bonchev–Trinajstić information content (AvgIpc) is 3.24. The monoisotopic (exact) mass is 404 g/mol. The minimum atomic E-state index is -0.807. The van der Waals surface area contributed by atoms with E-state index in [1.165, 1.54) is 0 Å². The molecule has 0 spiro atoms. The first-order valence-corrected chi connectivity index (χ1v) is 10.5. The third-order valence-corrected chi connectivity index (χ3v) is 5.27. The molecule has 0 radical (unpaired) electrons. The van der Waals surface area contributed by atoms with E-state index >= 15 is 0 Å². The van der Waals surface area contributed by atoms with Crippen LogP contribution >= 0.6 is 0 Å². The van der Waals surface area contributed by atoms with Crippen molar-refractivity contribution in [2.24, 2.45) is 5.92 Å². The Kier molecular flexibility index (Phi) is 9.64. The van der Waals surface area contributed by atoms with E-state index in [-0.39, 0.29) is 25.0 Å². The fraction of sp³-hybridized carbons (Fsp3) is 0.591. The summed E-state index contributed by atoms with van der Waals surface area (Å²) in [7, 11) is 0. The van der Waals surface area contributed by atoms with Crippen LogP contribution in [0.15, 0.2) is 30.3 Å². The normalized spacial score (nSPS) is 16.1. The predicted molar refractivity (Wildman–Crippen MR) is 108 cm³/mol. The van der Waals surface area contributed by atoms with Gasteiger partial charge in [0.2, 0.25) is 12.3 Å². The summed E-state index contributed by atoms with van der Waals surface area (Å²) in [6.45, 7) is 1.90. The van der Waals surface area contributed by atoms with Crippen LogP contribution in [-0.4, -0.2) is 47.2 Å². The van der Waals surface area contributed by atoms with Gasteiger partial charge >= 0.3 is 5.97 Å². The Balaban J connectivity index is 2.08. The Hall–Kier alpha value is -2.41. The second-order valence-electron chi connectivity index (χ2n) is 7.66. The third-order valence-electron chi connectivity index (χ3n) is 5.27. The lowest BCUT2D eigenvalue weighted by Gasteiger charge is -2.24. The van der Waals surface area contributed by atoms with Crippen molar-refractivity contribution in [1.29, 1.82) is 0 Å². The van der Waals surface area contributed by atoms with Gasteiger partial charge in [-0.2, -0.15) is 0 Å². The quantitative estimate of drug-likeness (QED) is 0.242. The van der Waals surface area contributed by atoms with Crippen LogP contribution in [0.5, 0.6) is 0 Å². The first-order chi connectivity index (χ1) is 14.0. The maximum Gasteiger partial charge on any atom is 0.329 e. The van der Waals surface area contributed by atoms with E-state index in [0.717, 1.165) is 44.1 Å². The van der Waals surface area contributed by atoms with Crippen LogP contribution in [0, 0.1) is 5.92 Å². The summed E-state index contributed by atoms with van der Waals surface area (Å²) in [5.41, 5.74) is 0.919. The number of ether oxygens (including phenoxy) is 1. The summed E-state index contributed by atoms with van der Waals surface area (Å²) in [5, 5.41) is 12.8. The molecule has 1 aromatic carbocycles. The van der Waals surface area contributed by atoms with Crippen molar-refractivity contribution in [3.63, 3.8) is 0 Å². The summed E-state index contributed by atoms with van der Waals surface area (Å²) >= 11 is 0. The minimum absolute atomic E-state index is 0.0865. The molecule has 2 rings (SSSR count). The van der Waals surface area contributed by atoms with Gasteiger partial charge in [-0.25, -0.2) is 9.86 Å². The van der Waals surface area contributed by atoms with Gasteiger partial charge in [0.1, 0.15) is 12.1 Å². The van der Waals surface area contributed by atoms with Crippen LogP contribution in [0.1, 0.15) is 57.4 Å². The maximum absolute atomic E-state index is 12.9. The number of hydrogen-bond donors (Lipinski definition) is 2. The number of amides is 2. The molecular formula is C22H32N2O5. The molecule has 2 atom stereocenters. The lowest BCUT2D eigenvalue weighted by Crippen LogP contribution is -2.48. The molecule has 0 bridgehead atoms. The zero-order chi connectivity index (χ0) is 21.1. The highest BCUT2D eigenvalue weighted by Gasteiger charge is 2.30. The molecule has 0 aliphatic heterocycles. The van der Waals surface area contributed by atoms with E-state index in [9.17, 15) is 19.6 Å². The number of unbranched alkanes of at least 4 members (excludes halogenated alkanes) is 1. The number of hydroxylamine groups is 2. The Morgan fingerprint density at radius 3 is 2.59 bits per heavy atom. The van der Waals surface area contributed by atoms with Crippen molar-refractivity contribution in [3.8, 4) is 0 Å². The lowest BCUT2D eigenvalue weighted by molar-refractivity contribution is -0.157. The van der Waals surface area contributed by atoms with Gasteiger partial charge < -0.3 is 10.1 Å². The van der Waals surface area contributed by atoms with Gasteiger partial charge in [0.05, 0.1) is 12.5 Å². The number of carbonyl (C=O) groups excluding carboxylic acids is 3. The van der Waals surface area contributed by atoms with Crippen LogP contribution in [0.2, 0.25) is 0 Å². The molecule has 2 amide bonds. The summed E-state index contributed by atoms with van der Waals surface area (Å²) < 4.78 is 5.64. The minimum Gasteiger partial charge on any atom is -0.461 e. The first-order valence-electron chi connectivity index (χ1n) is 10.5. The van der Waals surface area contributed by atoms with E-state index in [2.05, 4.69) is 5.32 Å². The molecule has 1 aliphatic carbocycles. The molecule has 7 heteroatoms. The van der Waals surface area contributed by atoms with Crippen molar-refractivity contribution >= 4 is 18.3 Å². The number of carbonyl (C=O) groups is 3. The Bertz CT molecular complexity index is 646. The number of esters is 1. The Labute approximate surface area is 172 Å². The lowest BCUT2D eigenvalue weighted by atomic mass is 9.99. The molecule has 7 nitrogen and oxygen atoms in total.